The van der Waals surface area contributed by atoms with Crippen molar-refractivity contribution in [3.63, 3.8) is 0 Å². The van der Waals surface area contributed by atoms with Gasteiger partial charge in [0, 0.05) is 21.6 Å². The van der Waals surface area contributed by atoms with Crippen LogP contribution < -0.4 is 5.32 Å². The molecule has 0 spiro atoms. The second kappa shape index (κ2) is 7.85. The molecule has 2 aromatic carbocycles. The molecule has 0 saturated heterocycles. The summed E-state index contributed by atoms with van der Waals surface area (Å²) in [6.07, 6.45) is 5.22. The number of nitrogens with zero attached hydrogens (tertiary/aromatic N) is 1. The summed E-state index contributed by atoms with van der Waals surface area (Å²) >= 11 is 3.55. The van der Waals surface area contributed by atoms with E-state index in [4.69, 9.17) is 0 Å². The molecule has 140 valence electrons. The van der Waals surface area contributed by atoms with E-state index in [1.807, 2.05) is 48.5 Å². The number of halogens is 1. The average molecular weight is 427 g/mol. The molecule has 2 amide bonds. The molecule has 2 aromatic rings. The predicted molar refractivity (Wildman–Crippen MR) is 109 cm³/mol. The highest BCUT2D eigenvalue weighted by Crippen LogP contribution is 2.39. The number of amides is 2. The van der Waals surface area contributed by atoms with E-state index < -0.39 is 0 Å². The lowest BCUT2D eigenvalue weighted by molar-refractivity contribution is -0.140. The van der Waals surface area contributed by atoms with E-state index in [2.05, 4.69) is 21.2 Å². The monoisotopic (exact) mass is 426 g/mol. The van der Waals surface area contributed by atoms with Crippen LogP contribution in [-0.2, 0) is 9.59 Å². The lowest BCUT2D eigenvalue weighted by Gasteiger charge is -2.34. The normalized spacial score (nSPS) is 20.6. The summed E-state index contributed by atoms with van der Waals surface area (Å²) in [6.45, 7) is 0.0845. The van der Waals surface area contributed by atoms with Gasteiger partial charge in [-0.1, -0.05) is 65.5 Å². The van der Waals surface area contributed by atoms with Crippen molar-refractivity contribution in [1.29, 1.82) is 0 Å². The Bertz CT molecular complexity index is 847. The Balaban J connectivity index is 1.81. The van der Waals surface area contributed by atoms with Crippen LogP contribution in [0.15, 0.2) is 53.0 Å². The second-order valence-corrected chi connectivity index (χ2v) is 8.31. The largest absolute Gasteiger partial charge is 0.324 e. The zero-order valence-corrected chi connectivity index (χ0v) is 16.7. The lowest BCUT2D eigenvalue weighted by atomic mass is 9.87. The molecule has 0 bridgehead atoms. The van der Waals surface area contributed by atoms with Gasteiger partial charge in [-0.25, -0.2) is 0 Å². The highest BCUT2D eigenvalue weighted by atomic mass is 79.9. The molecule has 5 heteroatoms. The number of rotatable bonds is 2. The zero-order valence-electron chi connectivity index (χ0n) is 15.2. The van der Waals surface area contributed by atoms with Crippen LogP contribution in [0.3, 0.4) is 0 Å². The molecule has 4 rings (SSSR count). The SMILES string of the molecule is O=C1CN(C(=O)C2CCCCC2)C(c2ccccc2)c2cc(Br)ccc2N1. The van der Waals surface area contributed by atoms with Crippen LogP contribution in [0.4, 0.5) is 5.69 Å². The smallest absolute Gasteiger partial charge is 0.244 e. The average Bonchev–Trinajstić information content (AvgIpc) is 2.84. The molecular weight excluding hydrogens is 404 g/mol. The maximum atomic E-state index is 13.5. The van der Waals surface area contributed by atoms with Crippen LogP contribution in [0.2, 0.25) is 0 Å². The quantitative estimate of drug-likeness (QED) is 0.741. The van der Waals surface area contributed by atoms with Crippen molar-refractivity contribution in [3.05, 3.63) is 64.1 Å². The summed E-state index contributed by atoms with van der Waals surface area (Å²) in [6, 6.07) is 15.6. The maximum absolute atomic E-state index is 13.5. The molecule has 1 heterocycles. The zero-order chi connectivity index (χ0) is 18.8. The Kier molecular flexibility index (Phi) is 5.30. The number of benzene rings is 2. The molecule has 0 aromatic heterocycles. The van der Waals surface area contributed by atoms with Crippen LogP contribution in [0.25, 0.3) is 0 Å². The minimum absolute atomic E-state index is 0.0199. The minimum atomic E-state index is -0.271. The molecule has 1 fully saturated rings. The first kappa shape index (κ1) is 18.2. The van der Waals surface area contributed by atoms with Gasteiger partial charge in [0.15, 0.2) is 0 Å². The van der Waals surface area contributed by atoms with E-state index in [-0.39, 0.29) is 30.3 Å². The van der Waals surface area contributed by atoms with Gasteiger partial charge in [-0.3, -0.25) is 9.59 Å². The number of carbonyl (C=O) groups excluding carboxylic acids is 2. The van der Waals surface area contributed by atoms with Crippen molar-refractivity contribution in [2.45, 2.75) is 38.1 Å². The highest BCUT2D eigenvalue weighted by Gasteiger charge is 2.36. The molecule has 0 radical (unpaired) electrons. The number of nitrogens with one attached hydrogen (secondary N) is 1. The first-order valence-corrected chi connectivity index (χ1v) is 10.4. The van der Waals surface area contributed by atoms with Crippen LogP contribution in [-0.4, -0.2) is 23.3 Å². The highest BCUT2D eigenvalue weighted by molar-refractivity contribution is 9.10. The standard InChI is InChI=1S/C22H23BrN2O2/c23-17-11-12-19-18(13-17)21(15-7-3-1-4-8-15)25(14-20(26)24-19)22(27)16-9-5-2-6-10-16/h1,3-4,7-8,11-13,16,21H,2,5-6,9-10,14H2,(H,24,26). The van der Waals surface area contributed by atoms with Gasteiger partial charge in [0.25, 0.3) is 0 Å². The molecule has 1 atom stereocenters. The summed E-state index contributed by atoms with van der Waals surface area (Å²) in [4.78, 5) is 27.8. The molecule has 1 aliphatic heterocycles. The molecular formula is C22H23BrN2O2. The van der Waals surface area contributed by atoms with E-state index in [0.29, 0.717) is 0 Å². The fourth-order valence-corrected chi connectivity index (χ4v) is 4.64. The van der Waals surface area contributed by atoms with Crippen molar-refractivity contribution in [2.75, 3.05) is 11.9 Å². The number of anilines is 1. The van der Waals surface area contributed by atoms with Gasteiger partial charge in [-0.05, 0) is 36.6 Å². The molecule has 4 nitrogen and oxygen atoms in total. The molecule has 1 N–H and O–H groups in total. The lowest BCUT2D eigenvalue weighted by Crippen LogP contribution is -2.42. The van der Waals surface area contributed by atoms with Gasteiger partial charge in [0.1, 0.15) is 6.54 Å². The second-order valence-electron chi connectivity index (χ2n) is 7.39. The number of fused-ring (bicyclic) bond motifs is 1. The fourth-order valence-electron chi connectivity index (χ4n) is 4.26. The van der Waals surface area contributed by atoms with E-state index >= 15 is 0 Å². The number of carbonyl (C=O) groups is 2. The Morgan fingerprint density at radius 2 is 1.78 bits per heavy atom. The van der Waals surface area contributed by atoms with Gasteiger partial charge in [-0.2, -0.15) is 0 Å². The van der Waals surface area contributed by atoms with Gasteiger partial charge in [0.2, 0.25) is 11.8 Å². The maximum Gasteiger partial charge on any atom is 0.244 e. The van der Waals surface area contributed by atoms with E-state index in [9.17, 15) is 9.59 Å². The fraction of sp³-hybridized carbons (Fsp3) is 0.364. The third-order valence-electron chi connectivity index (χ3n) is 5.56. The predicted octanol–water partition coefficient (Wildman–Crippen LogP) is 4.90. The topological polar surface area (TPSA) is 49.4 Å². The van der Waals surface area contributed by atoms with Gasteiger partial charge in [0.05, 0.1) is 6.04 Å². The van der Waals surface area contributed by atoms with Crippen molar-refractivity contribution < 1.29 is 9.59 Å². The Morgan fingerprint density at radius 1 is 1.04 bits per heavy atom. The number of hydrogen-bond acceptors (Lipinski definition) is 2. The Morgan fingerprint density at radius 3 is 2.52 bits per heavy atom. The molecule has 27 heavy (non-hydrogen) atoms. The Labute approximate surface area is 168 Å². The summed E-state index contributed by atoms with van der Waals surface area (Å²) in [7, 11) is 0. The third kappa shape index (κ3) is 3.79. The summed E-state index contributed by atoms with van der Waals surface area (Å²) in [5.41, 5.74) is 2.75. The first-order valence-electron chi connectivity index (χ1n) is 9.58. The van der Waals surface area contributed by atoms with E-state index in [1.165, 1.54) is 6.42 Å². The number of hydrogen-bond donors (Lipinski definition) is 1. The Hall–Kier alpha value is -2.14. The molecule has 1 unspecified atom stereocenters. The van der Waals surface area contributed by atoms with Gasteiger partial charge >= 0.3 is 0 Å². The summed E-state index contributed by atoms with van der Waals surface area (Å²) in [5.74, 6) is -0.0147. The van der Waals surface area contributed by atoms with Crippen LogP contribution in [0.5, 0.6) is 0 Å². The van der Waals surface area contributed by atoms with Crippen molar-refractivity contribution in [2.24, 2.45) is 5.92 Å². The third-order valence-corrected chi connectivity index (χ3v) is 6.05. The van der Waals surface area contributed by atoms with E-state index in [1.54, 1.807) is 4.90 Å². The van der Waals surface area contributed by atoms with Gasteiger partial charge in [-0.15, -0.1) is 0 Å². The van der Waals surface area contributed by atoms with Crippen LogP contribution >= 0.6 is 15.9 Å². The van der Waals surface area contributed by atoms with Crippen molar-refractivity contribution in [1.82, 2.24) is 4.90 Å². The minimum Gasteiger partial charge on any atom is -0.324 e. The molecule has 1 saturated carbocycles. The van der Waals surface area contributed by atoms with Crippen LogP contribution in [0, 0.1) is 5.92 Å². The molecule has 2 aliphatic rings. The molecule has 1 aliphatic carbocycles. The van der Waals surface area contributed by atoms with Crippen molar-refractivity contribution >= 4 is 33.4 Å². The summed E-state index contributed by atoms with van der Waals surface area (Å²) in [5, 5.41) is 2.98. The van der Waals surface area contributed by atoms with Gasteiger partial charge < -0.3 is 10.2 Å². The first-order chi connectivity index (χ1) is 13.1. The summed E-state index contributed by atoms with van der Waals surface area (Å²) < 4.78 is 0.934. The van der Waals surface area contributed by atoms with Crippen molar-refractivity contribution in [3.8, 4) is 0 Å². The van der Waals surface area contributed by atoms with E-state index in [0.717, 1.165) is 47.0 Å². The van der Waals surface area contributed by atoms with Crippen LogP contribution in [0.1, 0.15) is 49.3 Å².